The molecule has 2 rings (SSSR count). The van der Waals surface area contributed by atoms with E-state index >= 15 is 0 Å². The first-order chi connectivity index (χ1) is 8.85. The second kappa shape index (κ2) is 5.33. The van der Waals surface area contributed by atoms with E-state index in [1.165, 1.54) is 0 Å². The SMILES string of the molecule is CC(C)(C)OC(=O)N1CCCc2nc(Cl)ncc2C1. The molecule has 0 aromatic carbocycles. The molecule has 2 heterocycles. The van der Waals surface area contributed by atoms with Crippen LogP contribution in [0.2, 0.25) is 5.28 Å². The van der Waals surface area contributed by atoms with Crippen LogP contribution in [-0.2, 0) is 17.7 Å². The molecule has 1 amide bonds. The summed E-state index contributed by atoms with van der Waals surface area (Å²) in [6, 6.07) is 0. The molecule has 104 valence electrons. The lowest BCUT2D eigenvalue weighted by molar-refractivity contribution is 0.0236. The summed E-state index contributed by atoms with van der Waals surface area (Å²) in [6.45, 7) is 6.71. The third-order valence-corrected chi connectivity index (χ3v) is 2.96. The smallest absolute Gasteiger partial charge is 0.410 e. The van der Waals surface area contributed by atoms with Crippen molar-refractivity contribution in [2.45, 2.75) is 45.8 Å². The van der Waals surface area contributed by atoms with Crippen LogP contribution in [0.5, 0.6) is 0 Å². The summed E-state index contributed by atoms with van der Waals surface area (Å²) in [4.78, 5) is 22.0. The van der Waals surface area contributed by atoms with Gasteiger partial charge in [-0.2, -0.15) is 0 Å². The van der Waals surface area contributed by atoms with Crippen molar-refractivity contribution < 1.29 is 9.53 Å². The van der Waals surface area contributed by atoms with Gasteiger partial charge in [0.05, 0.1) is 12.2 Å². The molecule has 0 saturated heterocycles. The number of aryl methyl sites for hydroxylation is 1. The zero-order valence-corrected chi connectivity index (χ0v) is 12.2. The van der Waals surface area contributed by atoms with Gasteiger partial charge in [0, 0.05) is 18.3 Å². The molecule has 0 N–H and O–H groups in total. The lowest BCUT2D eigenvalue weighted by Crippen LogP contribution is -2.36. The van der Waals surface area contributed by atoms with Crippen molar-refractivity contribution in [1.82, 2.24) is 14.9 Å². The van der Waals surface area contributed by atoms with Crippen LogP contribution in [-0.4, -0.2) is 33.1 Å². The molecule has 0 fully saturated rings. The van der Waals surface area contributed by atoms with E-state index in [1.807, 2.05) is 20.8 Å². The molecule has 0 spiro atoms. The first-order valence-corrected chi connectivity index (χ1v) is 6.71. The molecule has 5 nitrogen and oxygen atoms in total. The van der Waals surface area contributed by atoms with Crippen LogP contribution in [0.4, 0.5) is 4.79 Å². The molecular weight excluding hydrogens is 266 g/mol. The average molecular weight is 284 g/mol. The molecule has 0 radical (unpaired) electrons. The molecule has 19 heavy (non-hydrogen) atoms. The topological polar surface area (TPSA) is 55.3 Å². The number of hydrogen-bond donors (Lipinski definition) is 0. The van der Waals surface area contributed by atoms with Crippen LogP contribution < -0.4 is 0 Å². The number of carbonyl (C=O) groups is 1. The molecule has 0 atom stereocenters. The van der Waals surface area contributed by atoms with Crippen LogP contribution in [0.1, 0.15) is 38.4 Å². The van der Waals surface area contributed by atoms with Gasteiger partial charge in [-0.05, 0) is 45.2 Å². The van der Waals surface area contributed by atoms with Crippen molar-refractivity contribution in [1.29, 1.82) is 0 Å². The van der Waals surface area contributed by atoms with Crippen molar-refractivity contribution in [2.75, 3.05) is 6.54 Å². The van der Waals surface area contributed by atoms with Gasteiger partial charge < -0.3 is 9.64 Å². The highest BCUT2D eigenvalue weighted by Gasteiger charge is 2.25. The van der Waals surface area contributed by atoms with E-state index in [2.05, 4.69) is 9.97 Å². The number of amides is 1. The second-order valence-corrected chi connectivity index (χ2v) is 5.95. The molecule has 0 unspecified atom stereocenters. The van der Waals surface area contributed by atoms with Crippen molar-refractivity contribution in [3.05, 3.63) is 22.7 Å². The number of carbonyl (C=O) groups excluding carboxylic acids is 1. The number of hydrogen-bond acceptors (Lipinski definition) is 4. The van der Waals surface area contributed by atoms with E-state index in [0.717, 1.165) is 24.1 Å². The zero-order chi connectivity index (χ0) is 14.0. The highest BCUT2D eigenvalue weighted by atomic mass is 35.5. The first-order valence-electron chi connectivity index (χ1n) is 6.33. The van der Waals surface area contributed by atoms with E-state index in [0.29, 0.717) is 13.1 Å². The Balaban J connectivity index is 2.13. The van der Waals surface area contributed by atoms with Gasteiger partial charge in [0.1, 0.15) is 5.60 Å². The number of aromatic nitrogens is 2. The number of rotatable bonds is 0. The van der Waals surface area contributed by atoms with Crippen molar-refractivity contribution in [2.24, 2.45) is 0 Å². The van der Waals surface area contributed by atoms with Crippen LogP contribution in [0.3, 0.4) is 0 Å². The normalized spacial score (nSPS) is 15.7. The standard InChI is InChI=1S/C13H18ClN3O2/c1-13(2,3)19-12(18)17-6-4-5-10-9(8-17)7-15-11(14)16-10/h7H,4-6,8H2,1-3H3. The summed E-state index contributed by atoms with van der Waals surface area (Å²) in [6.07, 6.45) is 3.04. The van der Waals surface area contributed by atoms with Gasteiger partial charge in [-0.1, -0.05) is 0 Å². The number of ether oxygens (including phenoxy) is 1. The largest absolute Gasteiger partial charge is 0.444 e. The Bertz CT molecular complexity index is 485. The van der Waals surface area contributed by atoms with Gasteiger partial charge in [0.25, 0.3) is 0 Å². The molecule has 0 aliphatic carbocycles. The highest BCUT2D eigenvalue weighted by molar-refractivity contribution is 6.28. The molecule has 1 aromatic rings. The Morgan fingerprint density at radius 2 is 2.21 bits per heavy atom. The Morgan fingerprint density at radius 1 is 1.47 bits per heavy atom. The molecule has 0 saturated carbocycles. The van der Waals surface area contributed by atoms with Gasteiger partial charge in [-0.25, -0.2) is 14.8 Å². The summed E-state index contributed by atoms with van der Waals surface area (Å²) >= 11 is 5.79. The first kappa shape index (κ1) is 14.1. The summed E-state index contributed by atoms with van der Waals surface area (Å²) in [5.74, 6) is 0. The molecule has 1 aromatic heterocycles. The fourth-order valence-corrected chi connectivity index (χ4v) is 2.12. The summed E-state index contributed by atoms with van der Waals surface area (Å²) in [7, 11) is 0. The Labute approximate surface area is 117 Å². The Hall–Kier alpha value is -1.36. The predicted octanol–water partition coefficient (Wildman–Crippen LogP) is 2.81. The van der Waals surface area contributed by atoms with Gasteiger partial charge in [-0.15, -0.1) is 0 Å². The lowest BCUT2D eigenvalue weighted by atomic mass is 10.2. The summed E-state index contributed by atoms with van der Waals surface area (Å²) in [5.41, 5.74) is 1.38. The Morgan fingerprint density at radius 3 is 2.89 bits per heavy atom. The highest BCUT2D eigenvalue weighted by Crippen LogP contribution is 2.19. The van der Waals surface area contributed by atoms with Crippen LogP contribution in [0, 0.1) is 0 Å². The fourth-order valence-electron chi connectivity index (χ4n) is 1.97. The van der Waals surface area contributed by atoms with Crippen LogP contribution >= 0.6 is 11.6 Å². The minimum atomic E-state index is -0.483. The summed E-state index contributed by atoms with van der Waals surface area (Å²) in [5, 5.41) is 0.254. The molecule has 6 heteroatoms. The van der Waals surface area contributed by atoms with Gasteiger partial charge in [-0.3, -0.25) is 0 Å². The van der Waals surface area contributed by atoms with Crippen molar-refractivity contribution >= 4 is 17.7 Å². The van der Waals surface area contributed by atoms with Gasteiger partial charge >= 0.3 is 6.09 Å². The van der Waals surface area contributed by atoms with Crippen molar-refractivity contribution in [3.63, 3.8) is 0 Å². The Kier molecular flexibility index (Phi) is 3.94. The van der Waals surface area contributed by atoms with E-state index in [1.54, 1.807) is 11.1 Å². The molecular formula is C13H18ClN3O2. The maximum atomic E-state index is 12.1. The number of halogens is 1. The summed E-state index contributed by atoms with van der Waals surface area (Å²) < 4.78 is 5.39. The number of nitrogens with zero attached hydrogens (tertiary/aromatic N) is 3. The second-order valence-electron chi connectivity index (χ2n) is 5.62. The third-order valence-electron chi connectivity index (χ3n) is 2.78. The fraction of sp³-hybridized carbons (Fsp3) is 0.615. The quantitative estimate of drug-likeness (QED) is 0.687. The average Bonchev–Trinajstić information content (AvgIpc) is 2.48. The maximum Gasteiger partial charge on any atom is 0.410 e. The van der Waals surface area contributed by atoms with Gasteiger partial charge in [0.15, 0.2) is 0 Å². The van der Waals surface area contributed by atoms with E-state index in [9.17, 15) is 4.79 Å². The minimum absolute atomic E-state index is 0.254. The monoisotopic (exact) mass is 283 g/mol. The zero-order valence-electron chi connectivity index (χ0n) is 11.4. The van der Waals surface area contributed by atoms with E-state index in [-0.39, 0.29) is 11.4 Å². The van der Waals surface area contributed by atoms with Crippen LogP contribution in [0.25, 0.3) is 0 Å². The minimum Gasteiger partial charge on any atom is -0.444 e. The maximum absolute atomic E-state index is 12.1. The van der Waals surface area contributed by atoms with Crippen LogP contribution in [0.15, 0.2) is 6.20 Å². The lowest BCUT2D eigenvalue weighted by Gasteiger charge is -2.26. The van der Waals surface area contributed by atoms with Crippen molar-refractivity contribution in [3.8, 4) is 0 Å². The molecule has 0 bridgehead atoms. The third kappa shape index (κ3) is 3.80. The van der Waals surface area contributed by atoms with E-state index in [4.69, 9.17) is 16.3 Å². The predicted molar refractivity (Wildman–Crippen MR) is 72.0 cm³/mol. The number of fused-ring (bicyclic) bond motifs is 1. The van der Waals surface area contributed by atoms with Gasteiger partial charge in [0.2, 0.25) is 5.28 Å². The van der Waals surface area contributed by atoms with E-state index < -0.39 is 5.60 Å². The molecule has 1 aliphatic heterocycles. The molecule has 1 aliphatic rings.